The van der Waals surface area contributed by atoms with Crippen LogP contribution in [0.5, 0.6) is 5.75 Å². The number of piperidine rings is 1. The number of likely N-dealkylation sites (tertiary alicyclic amines) is 1. The van der Waals surface area contributed by atoms with Gasteiger partial charge in [0, 0.05) is 49.4 Å². The van der Waals surface area contributed by atoms with Gasteiger partial charge in [0.05, 0.1) is 18.2 Å². The van der Waals surface area contributed by atoms with Gasteiger partial charge in [0.1, 0.15) is 11.9 Å². The lowest BCUT2D eigenvalue weighted by atomic mass is 10.1. The lowest BCUT2D eigenvalue weighted by Gasteiger charge is -2.32. The monoisotopic (exact) mass is 419 g/mol. The zero-order valence-corrected chi connectivity index (χ0v) is 18.2. The molecule has 2 heterocycles. The van der Waals surface area contributed by atoms with E-state index in [2.05, 4.69) is 17.0 Å². The lowest BCUT2D eigenvalue weighted by molar-refractivity contribution is 0.0616. The Morgan fingerprint density at radius 3 is 2.55 bits per heavy atom. The van der Waals surface area contributed by atoms with Crippen molar-refractivity contribution in [1.82, 2.24) is 4.90 Å². The average molecular weight is 420 g/mol. The van der Waals surface area contributed by atoms with E-state index in [9.17, 15) is 4.79 Å². The van der Waals surface area contributed by atoms with Crippen LogP contribution < -0.4 is 9.64 Å². The zero-order valence-electron chi connectivity index (χ0n) is 18.2. The highest BCUT2D eigenvalue weighted by Crippen LogP contribution is 2.40. The van der Waals surface area contributed by atoms with Gasteiger partial charge in [0.15, 0.2) is 0 Å². The second kappa shape index (κ2) is 9.30. The van der Waals surface area contributed by atoms with Crippen molar-refractivity contribution in [2.45, 2.75) is 39.2 Å². The SMILES string of the molecule is CC(C)COC(=O)N1CCC(Oc2cccc3c2CCN3c2ccc(C#N)cc2)CC1. The van der Waals surface area contributed by atoms with Crippen molar-refractivity contribution in [3.63, 3.8) is 0 Å². The molecule has 0 saturated carbocycles. The molecule has 0 bridgehead atoms. The lowest BCUT2D eigenvalue weighted by Crippen LogP contribution is -2.42. The topological polar surface area (TPSA) is 65.8 Å². The number of anilines is 2. The first kappa shape index (κ1) is 21.0. The molecule has 6 nitrogen and oxygen atoms in total. The first-order valence-corrected chi connectivity index (χ1v) is 11.0. The number of amides is 1. The predicted octanol–water partition coefficient (Wildman–Crippen LogP) is 4.89. The van der Waals surface area contributed by atoms with E-state index in [1.807, 2.05) is 50.2 Å². The van der Waals surface area contributed by atoms with Crippen LogP contribution in [0.2, 0.25) is 0 Å². The van der Waals surface area contributed by atoms with Crippen LogP contribution in [-0.4, -0.2) is 43.3 Å². The molecule has 2 aliphatic rings. The molecule has 0 unspecified atom stereocenters. The summed E-state index contributed by atoms with van der Waals surface area (Å²) in [5, 5.41) is 9.03. The Morgan fingerprint density at radius 1 is 1.13 bits per heavy atom. The van der Waals surface area contributed by atoms with Gasteiger partial charge in [-0.25, -0.2) is 4.79 Å². The summed E-state index contributed by atoms with van der Waals surface area (Å²) in [6.45, 7) is 6.74. The summed E-state index contributed by atoms with van der Waals surface area (Å²) in [6, 6.07) is 16.1. The smallest absolute Gasteiger partial charge is 0.409 e. The fourth-order valence-electron chi connectivity index (χ4n) is 4.16. The van der Waals surface area contributed by atoms with Crippen LogP contribution >= 0.6 is 0 Å². The zero-order chi connectivity index (χ0) is 21.8. The molecule has 2 aliphatic heterocycles. The first-order valence-electron chi connectivity index (χ1n) is 11.0. The van der Waals surface area contributed by atoms with Crippen molar-refractivity contribution in [2.75, 3.05) is 31.1 Å². The molecule has 4 rings (SSSR count). The van der Waals surface area contributed by atoms with Crippen molar-refractivity contribution < 1.29 is 14.3 Å². The third-order valence-electron chi connectivity index (χ3n) is 5.83. The summed E-state index contributed by atoms with van der Waals surface area (Å²) < 4.78 is 11.7. The molecule has 0 radical (unpaired) electrons. The fraction of sp³-hybridized carbons (Fsp3) is 0.440. The molecule has 6 heteroatoms. The molecule has 2 aromatic carbocycles. The van der Waals surface area contributed by atoms with Crippen LogP contribution in [0.3, 0.4) is 0 Å². The number of ether oxygens (including phenoxy) is 2. The van der Waals surface area contributed by atoms with Gasteiger partial charge in [-0.3, -0.25) is 0 Å². The molecule has 1 fully saturated rings. The molecular weight excluding hydrogens is 390 g/mol. The van der Waals surface area contributed by atoms with Gasteiger partial charge in [-0.05, 0) is 48.7 Å². The molecular formula is C25H29N3O3. The van der Waals surface area contributed by atoms with Gasteiger partial charge in [0.2, 0.25) is 0 Å². The average Bonchev–Trinajstić information content (AvgIpc) is 3.23. The van der Waals surface area contributed by atoms with Crippen LogP contribution in [0.1, 0.15) is 37.8 Å². The van der Waals surface area contributed by atoms with Crippen molar-refractivity contribution in [3.8, 4) is 11.8 Å². The summed E-state index contributed by atoms with van der Waals surface area (Å²) in [7, 11) is 0. The summed E-state index contributed by atoms with van der Waals surface area (Å²) in [6.07, 6.45) is 2.42. The molecule has 162 valence electrons. The Morgan fingerprint density at radius 2 is 1.87 bits per heavy atom. The van der Waals surface area contributed by atoms with Gasteiger partial charge in [-0.2, -0.15) is 5.26 Å². The number of fused-ring (bicyclic) bond motifs is 1. The molecule has 31 heavy (non-hydrogen) atoms. The van der Waals surface area contributed by atoms with Gasteiger partial charge >= 0.3 is 6.09 Å². The minimum Gasteiger partial charge on any atom is -0.490 e. The maximum atomic E-state index is 12.2. The number of carbonyl (C=O) groups is 1. The quantitative estimate of drug-likeness (QED) is 0.690. The Hall–Kier alpha value is -3.20. The number of nitriles is 1. The first-order chi connectivity index (χ1) is 15.0. The highest BCUT2D eigenvalue weighted by molar-refractivity contribution is 5.72. The van der Waals surface area contributed by atoms with E-state index in [-0.39, 0.29) is 12.2 Å². The number of carbonyl (C=O) groups excluding carboxylic acids is 1. The molecule has 0 N–H and O–H groups in total. The Labute approximate surface area is 184 Å². The van der Waals surface area contributed by atoms with Crippen molar-refractivity contribution in [3.05, 3.63) is 53.6 Å². The third-order valence-corrected chi connectivity index (χ3v) is 5.83. The second-order valence-corrected chi connectivity index (χ2v) is 8.59. The van der Waals surface area contributed by atoms with Crippen molar-refractivity contribution in [2.24, 2.45) is 5.92 Å². The minimum absolute atomic E-state index is 0.101. The Bertz CT molecular complexity index is 957. The van der Waals surface area contributed by atoms with E-state index in [0.29, 0.717) is 31.2 Å². The van der Waals surface area contributed by atoms with Gasteiger partial charge in [0.25, 0.3) is 0 Å². The van der Waals surface area contributed by atoms with E-state index in [1.54, 1.807) is 4.90 Å². The van der Waals surface area contributed by atoms with Crippen LogP contribution in [0.4, 0.5) is 16.2 Å². The van der Waals surface area contributed by atoms with E-state index in [4.69, 9.17) is 14.7 Å². The van der Waals surface area contributed by atoms with Crippen LogP contribution in [0.25, 0.3) is 0 Å². The normalized spacial score (nSPS) is 16.2. The molecule has 0 spiro atoms. The van der Waals surface area contributed by atoms with Gasteiger partial charge < -0.3 is 19.3 Å². The van der Waals surface area contributed by atoms with Crippen LogP contribution in [-0.2, 0) is 11.2 Å². The number of hydrogen-bond acceptors (Lipinski definition) is 5. The van der Waals surface area contributed by atoms with Crippen molar-refractivity contribution in [1.29, 1.82) is 5.26 Å². The number of benzene rings is 2. The molecule has 2 aromatic rings. The van der Waals surface area contributed by atoms with Crippen LogP contribution in [0, 0.1) is 17.2 Å². The van der Waals surface area contributed by atoms with Crippen LogP contribution in [0.15, 0.2) is 42.5 Å². The Kier molecular flexibility index (Phi) is 6.31. The number of rotatable bonds is 5. The highest BCUT2D eigenvalue weighted by atomic mass is 16.6. The standard InChI is InChI=1S/C25H29N3O3/c1-18(2)17-30-25(29)27-13-10-21(11-14-27)31-24-5-3-4-23-22(24)12-15-28(23)20-8-6-19(16-26)7-9-20/h3-9,18,21H,10-15,17H2,1-2H3. The summed E-state index contributed by atoms with van der Waals surface area (Å²) in [4.78, 5) is 16.2. The summed E-state index contributed by atoms with van der Waals surface area (Å²) >= 11 is 0. The summed E-state index contributed by atoms with van der Waals surface area (Å²) in [5.74, 6) is 1.28. The highest BCUT2D eigenvalue weighted by Gasteiger charge is 2.28. The Balaban J connectivity index is 1.38. The third kappa shape index (κ3) is 4.77. The number of nitrogens with zero attached hydrogens (tertiary/aromatic N) is 3. The minimum atomic E-state index is -0.217. The summed E-state index contributed by atoms with van der Waals surface area (Å²) in [5.41, 5.74) is 4.14. The molecule has 1 saturated heterocycles. The van der Waals surface area contributed by atoms with E-state index in [0.717, 1.165) is 42.9 Å². The maximum absolute atomic E-state index is 12.2. The molecule has 0 aliphatic carbocycles. The van der Waals surface area contributed by atoms with E-state index >= 15 is 0 Å². The molecule has 0 atom stereocenters. The predicted molar refractivity (Wildman–Crippen MR) is 120 cm³/mol. The van der Waals surface area contributed by atoms with Gasteiger partial charge in [-0.1, -0.05) is 19.9 Å². The molecule has 1 amide bonds. The largest absolute Gasteiger partial charge is 0.490 e. The molecule has 0 aromatic heterocycles. The number of hydrogen-bond donors (Lipinski definition) is 0. The van der Waals surface area contributed by atoms with Crippen molar-refractivity contribution >= 4 is 17.5 Å². The second-order valence-electron chi connectivity index (χ2n) is 8.59. The van der Waals surface area contributed by atoms with E-state index < -0.39 is 0 Å². The fourth-order valence-corrected chi connectivity index (χ4v) is 4.16. The maximum Gasteiger partial charge on any atom is 0.409 e. The van der Waals surface area contributed by atoms with Gasteiger partial charge in [-0.15, -0.1) is 0 Å². The van der Waals surface area contributed by atoms with E-state index in [1.165, 1.54) is 5.56 Å².